The summed E-state index contributed by atoms with van der Waals surface area (Å²) in [6.07, 6.45) is 0. The fraction of sp³-hybridized carbons (Fsp3) is 0. The normalized spacial score (nSPS) is 10.1. The number of nitrogens with zero attached hydrogens (tertiary/aromatic N) is 2. The molecule has 0 radical (unpaired) electrons. The van der Waals surface area contributed by atoms with Crippen molar-refractivity contribution in [3.63, 3.8) is 0 Å². The molecule has 0 spiro atoms. The Morgan fingerprint density at radius 1 is 0.647 bits per heavy atom. The number of rotatable bonds is 2. The molecule has 90 valence electrons. The van der Waals surface area contributed by atoms with E-state index in [0.717, 1.165) is 0 Å². The fourth-order valence-electron chi connectivity index (χ4n) is 1.21. The van der Waals surface area contributed by atoms with Gasteiger partial charge in [0.2, 0.25) is 0 Å². The Labute approximate surface area is 109 Å². The molecule has 5 heteroatoms. The molecule has 17 heavy (non-hydrogen) atoms. The minimum atomic E-state index is 0. The third-order valence-electron chi connectivity index (χ3n) is 2.03. The Kier molecular flexibility index (Phi) is 4.67. The molecule has 4 nitrogen and oxygen atoms in total. The Morgan fingerprint density at radius 2 is 1.00 bits per heavy atom. The maximum Gasteiger partial charge on any atom is 0.143 e. The van der Waals surface area contributed by atoms with E-state index >= 15 is 0 Å². The number of phenols is 2. The van der Waals surface area contributed by atoms with Crippen LogP contribution in [-0.2, 0) is 16.5 Å². The first kappa shape index (κ1) is 13.2. The molecule has 0 unspecified atom stereocenters. The van der Waals surface area contributed by atoms with Gasteiger partial charge in [0.25, 0.3) is 0 Å². The molecule has 0 bridgehead atoms. The van der Waals surface area contributed by atoms with Gasteiger partial charge in [0.1, 0.15) is 22.9 Å². The number of para-hydroxylation sites is 2. The SMILES string of the molecule is Oc1ccccc1N=Nc1ccccc1O.[Ni]. The number of azo groups is 1. The number of aromatic hydroxyl groups is 2. The van der Waals surface area contributed by atoms with Gasteiger partial charge in [-0.05, 0) is 24.3 Å². The van der Waals surface area contributed by atoms with Crippen LogP contribution in [0.4, 0.5) is 11.4 Å². The molecule has 0 saturated heterocycles. The van der Waals surface area contributed by atoms with Crippen molar-refractivity contribution in [3.05, 3.63) is 48.5 Å². The maximum absolute atomic E-state index is 9.44. The molecular formula is C12H10N2NiO2. The largest absolute Gasteiger partial charge is 0.506 e. The van der Waals surface area contributed by atoms with Crippen molar-refractivity contribution in [1.82, 2.24) is 0 Å². The minimum absolute atomic E-state index is 0. The second-order valence-electron chi connectivity index (χ2n) is 3.18. The number of benzene rings is 2. The molecule has 0 amide bonds. The van der Waals surface area contributed by atoms with Gasteiger partial charge in [0, 0.05) is 16.5 Å². The zero-order chi connectivity index (χ0) is 11.4. The predicted molar refractivity (Wildman–Crippen MR) is 60.4 cm³/mol. The molecule has 0 aliphatic heterocycles. The van der Waals surface area contributed by atoms with Gasteiger partial charge in [-0.25, -0.2) is 0 Å². The average molecular weight is 273 g/mol. The standard InChI is InChI=1S/C12H10N2O2.Ni/c15-11-7-3-1-5-9(11)13-14-10-6-2-4-8-12(10)16;/h1-8,15-16H;. The van der Waals surface area contributed by atoms with Gasteiger partial charge in [-0.1, -0.05) is 24.3 Å². The quantitative estimate of drug-likeness (QED) is 0.649. The van der Waals surface area contributed by atoms with Gasteiger partial charge in [0.05, 0.1) is 0 Å². The van der Waals surface area contributed by atoms with E-state index < -0.39 is 0 Å². The van der Waals surface area contributed by atoms with Crippen molar-refractivity contribution in [2.45, 2.75) is 0 Å². The van der Waals surface area contributed by atoms with Gasteiger partial charge >= 0.3 is 0 Å². The first-order valence-corrected chi connectivity index (χ1v) is 4.75. The number of hydrogen-bond acceptors (Lipinski definition) is 4. The Balaban J connectivity index is 0.00000144. The van der Waals surface area contributed by atoms with Crippen LogP contribution in [0.3, 0.4) is 0 Å². The van der Waals surface area contributed by atoms with E-state index in [-0.39, 0.29) is 28.0 Å². The molecule has 0 saturated carbocycles. The van der Waals surface area contributed by atoms with Crippen LogP contribution in [0.5, 0.6) is 11.5 Å². The van der Waals surface area contributed by atoms with Crippen LogP contribution in [0.25, 0.3) is 0 Å². The Morgan fingerprint density at radius 3 is 1.35 bits per heavy atom. The third kappa shape index (κ3) is 3.29. The molecule has 0 aliphatic carbocycles. The molecule has 2 aromatic rings. The van der Waals surface area contributed by atoms with Crippen molar-refractivity contribution in [2.24, 2.45) is 10.2 Å². The molecule has 2 N–H and O–H groups in total. The third-order valence-corrected chi connectivity index (χ3v) is 2.03. The summed E-state index contributed by atoms with van der Waals surface area (Å²) in [7, 11) is 0. The van der Waals surface area contributed by atoms with Crippen LogP contribution in [0.2, 0.25) is 0 Å². The fourth-order valence-corrected chi connectivity index (χ4v) is 1.21. The van der Waals surface area contributed by atoms with Gasteiger partial charge in [-0.15, -0.1) is 10.2 Å². The molecular weight excluding hydrogens is 263 g/mol. The van der Waals surface area contributed by atoms with Gasteiger partial charge in [-0.3, -0.25) is 0 Å². The second-order valence-corrected chi connectivity index (χ2v) is 3.18. The maximum atomic E-state index is 9.44. The van der Waals surface area contributed by atoms with Crippen molar-refractivity contribution in [2.75, 3.05) is 0 Å². The molecule has 0 heterocycles. The summed E-state index contributed by atoms with van der Waals surface area (Å²) in [6.45, 7) is 0. The van der Waals surface area contributed by atoms with Gasteiger partial charge < -0.3 is 10.2 Å². The molecule has 0 aromatic heterocycles. The van der Waals surface area contributed by atoms with Crippen molar-refractivity contribution < 1.29 is 26.7 Å². The summed E-state index contributed by atoms with van der Waals surface area (Å²) in [6, 6.07) is 13.2. The van der Waals surface area contributed by atoms with E-state index in [9.17, 15) is 10.2 Å². The van der Waals surface area contributed by atoms with Crippen LogP contribution < -0.4 is 0 Å². The molecule has 2 rings (SSSR count). The number of hydrogen-bond donors (Lipinski definition) is 2. The average Bonchev–Trinajstić information content (AvgIpc) is 2.30. The smallest absolute Gasteiger partial charge is 0.143 e. The molecule has 0 fully saturated rings. The van der Waals surface area contributed by atoms with Crippen LogP contribution in [0.1, 0.15) is 0 Å². The van der Waals surface area contributed by atoms with Crippen molar-refractivity contribution in [1.29, 1.82) is 0 Å². The number of phenolic OH excluding ortho intramolecular Hbond substituents is 2. The molecule has 0 aliphatic rings. The predicted octanol–water partition coefficient (Wildman–Crippen LogP) is 3.51. The van der Waals surface area contributed by atoms with Crippen LogP contribution in [0.15, 0.2) is 58.8 Å². The van der Waals surface area contributed by atoms with Crippen molar-refractivity contribution >= 4 is 11.4 Å². The Hall–Kier alpha value is -1.87. The summed E-state index contributed by atoms with van der Waals surface area (Å²) >= 11 is 0. The van der Waals surface area contributed by atoms with E-state index in [1.54, 1.807) is 36.4 Å². The first-order valence-electron chi connectivity index (χ1n) is 4.75. The van der Waals surface area contributed by atoms with E-state index in [2.05, 4.69) is 10.2 Å². The van der Waals surface area contributed by atoms with E-state index in [0.29, 0.717) is 11.4 Å². The van der Waals surface area contributed by atoms with Gasteiger partial charge in [0.15, 0.2) is 0 Å². The second kappa shape index (κ2) is 6.01. The van der Waals surface area contributed by atoms with E-state index in [1.807, 2.05) is 0 Å². The van der Waals surface area contributed by atoms with Crippen LogP contribution in [-0.4, -0.2) is 10.2 Å². The molecule has 2 aromatic carbocycles. The molecule has 0 atom stereocenters. The minimum Gasteiger partial charge on any atom is -0.506 e. The van der Waals surface area contributed by atoms with Crippen LogP contribution in [0, 0.1) is 0 Å². The zero-order valence-electron chi connectivity index (χ0n) is 8.72. The summed E-state index contributed by atoms with van der Waals surface area (Å²) < 4.78 is 0. The summed E-state index contributed by atoms with van der Waals surface area (Å²) in [5.41, 5.74) is 0.733. The topological polar surface area (TPSA) is 65.2 Å². The van der Waals surface area contributed by atoms with E-state index in [1.165, 1.54) is 12.1 Å². The summed E-state index contributed by atoms with van der Waals surface area (Å²) in [5, 5.41) is 26.6. The Bertz CT molecular complexity index is 482. The summed E-state index contributed by atoms with van der Waals surface area (Å²) in [4.78, 5) is 0. The summed E-state index contributed by atoms with van der Waals surface area (Å²) in [5.74, 6) is 0.114. The van der Waals surface area contributed by atoms with Crippen LogP contribution >= 0.6 is 0 Å². The van der Waals surface area contributed by atoms with Crippen molar-refractivity contribution in [3.8, 4) is 11.5 Å². The monoisotopic (exact) mass is 272 g/mol. The first-order chi connectivity index (χ1) is 7.77. The van der Waals surface area contributed by atoms with E-state index in [4.69, 9.17) is 0 Å². The van der Waals surface area contributed by atoms with Gasteiger partial charge in [-0.2, -0.15) is 0 Å². The zero-order valence-corrected chi connectivity index (χ0v) is 9.71.